The number of H-pyrrole nitrogens is 1. The van der Waals surface area contributed by atoms with Crippen molar-refractivity contribution in [3.63, 3.8) is 0 Å². The number of hydrogen-bond donors (Lipinski definition) is 2. The molecule has 1 fully saturated rings. The number of carboxylic acid groups (broad SMARTS) is 1. The Morgan fingerprint density at radius 2 is 2.09 bits per heavy atom. The van der Waals surface area contributed by atoms with Gasteiger partial charge in [-0.15, -0.1) is 0 Å². The van der Waals surface area contributed by atoms with Gasteiger partial charge >= 0.3 is 5.97 Å². The van der Waals surface area contributed by atoms with E-state index < -0.39 is 5.97 Å². The molecule has 1 saturated heterocycles. The van der Waals surface area contributed by atoms with Gasteiger partial charge in [0.15, 0.2) is 0 Å². The third-order valence-electron chi connectivity index (χ3n) is 4.57. The number of aromatic carboxylic acids is 1. The lowest BCUT2D eigenvalue weighted by Gasteiger charge is -2.34. The van der Waals surface area contributed by atoms with Crippen molar-refractivity contribution in [1.82, 2.24) is 9.88 Å². The maximum Gasteiger partial charge on any atom is 0.352 e. The van der Waals surface area contributed by atoms with Crippen molar-refractivity contribution in [2.24, 2.45) is 5.92 Å². The third kappa shape index (κ3) is 3.09. The number of benzene rings is 1. The van der Waals surface area contributed by atoms with Gasteiger partial charge in [-0.2, -0.15) is 0 Å². The van der Waals surface area contributed by atoms with E-state index in [1.54, 1.807) is 6.07 Å². The number of carbonyl (C=O) groups excluding carboxylic acids is 1. The second-order valence-corrected chi connectivity index (χ2v) is 6.61. The van der Waals surface area contributed by atoms with Crippen LogP contribution < -0.4 is 0 Å². The van der Waals surface area contributed by atoms with Crippen LogP contribution in [0.4, 0.5) is 0 Å². The average molecular weight is 314 g/mol. The Morgan fingerprint density at radius 3 is 2.78 bits per heavy atom. The lowest BCUT2D eigenvalue weighted by atomic mass is 9.89. The van der Waals surface area contributed by atoms with Gasteiger partial charge in [0.25, 0.3) is 0 Å². The maximum atomic E-state index is 12.2. The molecule has 1 aliphatic heterocycles. The summed E-state index contributed by atoms with van der Waals surface area (Å²) in [6.45, 7) is 5.46. The largest absolute Gasteiger partial charge is 0.477 e. The molecule has 1 amide bonds. The van der Waals surface area contributed by atoms with Crippen LogP contribution in [0.3, 0.4) is 0 Å². The van der Waals surface area contributed by atoms with E-state index in [1.165, 1.54) is 5.56 Å². The first-order valence-corrected chi connectivity index (χ1v) is 8.10. The fourth-order valence-corrected chi connectivity index (χ4v) is 3.33. The van der Waals surface area contributed by atoms with Crippen molar-refractivity contribution in [1.29, 1.82) is 0 Å². The van der Waals surface area contributed by atoms with Crippen molar-refractivity contribution in [2.75, 3.05) is 13.1 Å². The number of nitrogens with zero attached hydrogens (tertiary/aromatic N) is 1. The molecule has 1 aliphatic rings. The molecular formula is C18H22N2O3. The van der Waals surface area contributed by atoms with Crippen LogP contribution in [0.25, 0.3) is 10.9 Å². The van der Waals surface area contributed by atoms with E-state index in [0.717, 1.165) is 36.8 Å². The first-order chi connectivity index (χ1) is 11.0. The number of piperidine rings is 1. The molecule has 0 radical (unpaired) electrons. The minimum atomic E-state index is -0.950. The van der Waals surface area contributed by atoms with Crippen molar-refractivity contribution in [3.8, 4) is 0 Å². The minimum absolute atomic E-state index is 0.0269. The number of nitrogens with one attached hydrogen (secondary N) is 1. The predicted octanol–water partition coefficient (Wildman–Crippen LogP) is 3.23. The summed E-state index contributed by atoms with van der Waals surface area (Å²) in [6.07, 6.45) is 2.07. The number of carbonyl (C=O) groups is 2. The minimum Gasteiger partial charge on any atom is -0.477 e. The summed E-state index contributed by atoms with van der Waals surface area (Å²) in [5, 5.41) is 9.99. The molecule has 1 aromatic heterocycles. The molecule has 5 heteroatoms. The number of hydrogen-bond acceptors (Lipinski definition) is 2. The molecule has 0 aliphatic carbocycles. The standard InChI is InChI=1S/C18H22N2O3/c1-11(2)17(21)20-7-3-4-13(10-20)12-5-6-15-14(8-12)9-16(19-15)18(22)23/h5-6,8-9,11,13,19H,3-4,7,10H2,1-2H3,(H,22,23). The number of aromatic amines is 1. The molecule has 1 aromatic carbocycles. The second-order valence-electron chi connectivity index (χ2n) is 6.61. The van der Waals surface area contributed by atoms with Crippen LogP contribution in [0.2, 0.25) is 0 Å². The number of amides is 1. The van der Waals surface area contributed by atoms with Crippen LogP contribution in [0.15, 0.2) is 24.3 Å². The zero-order valence-corrected chi connectivity index (χ0v) is 13.5. The van der Waals surface area contributed by atoms with Gasteiger partial charge < -0.3 is 15.0 Å². The smallest absolute Gasteiger partial charge is 0.352 e. The Kier molecular flexibility index (Phi) is 4.11. The van der Waals surface area contributed by atoms with Crippen LogP contribution in [0, 0.1) is 5.92 Å². The maximum absolute atomic E-state index is 12.2. The van der Waals surface area contributed by atoms with Gasteiger partial charge in [0.1, 0.15) is 5.69 Å². The summed E-state index contributed by atoms with van der Waals surface area (Å²) in [5.74, 6) is -0.391. The lowest BCUT2D eigenvalue weighted by Crippen LogP contribution is -2.41. The van der Waals surface area contributed by atoms with E-state index in [-0.39, 0.29) is 17.5 Å². The van der Waals surface area contributed by atoms with E-state index in [1.807, 2.05) is 36.9 Å². The highest BCUT2D eigenvalue weighted by Crippen LogP contribution is 2.30. The van der Waals surface area contributed by atoms with Crippen LogP contribution in [-0.4, -0.2) is 40.0 Å². The fraction of sp³-hybridized carbons (Fsp3) is 0.444. The lowest BCUT2D eigenvalue weighted by molar-refractivity contribution is -0.135. The first kappa shape index (κ1) is 15.6. The summed E-state index contributed by atoms with van der Waals surface area (Å²) in [4.78, 5) is 28.1. The van der Waals surface area contributed by atoms with Gasteiger partial charge in [-0.3, -0.25) is 4.79 Å². The first-order valence-electron chi connectivity index (χ1n) is 8.10. The van der Waals surface area contributed by atoms with Gasteiger partial charge in [-0.05, 0) is 36.6 Å². The number of fused-ring (bicyclic) bond motifs is 1. The number of aromatic nitrogens is 1. The predicted molar refractivity (Wildman–Crippen MR) is 88.7 cm³/mol. The molecule has 0 spiro atoms. The van der Waals surface area contributed by atoms with Crippen LogP contribution in [0.5, 0.6) is 0 Å². The Balaban J connectivity index is 1.84. The molecule has 1 unspecified atom stereocenters. The van der Waals surface area contributed by atoms with Gasteiger partial charge in [0.05, 0.1) is 0 Å². The molecule has 122 valence electrons. The molecule has 1 atom stereocenters. The SMILES string of the molecule is CC(C)C(=O)N1CCCC(c2ccc3[nH]c(C(=O)O)cc3c2)C1. The number of carboxylic acids is 1. The molecular weight excluding hydrogens is 292 g/mol. The molecule has 2 N–H and O–H groups in total. The van der Waals surface area contributed by atoms with E-state index >= 15 is 0 Å². The van der Waals surface area contributed by atoms with Crippen molar-refractivity contribution in [3.05, 3.63) is 35.5 Å². The molecule has 3 rings (SSSR count). The van der Waals surface area contributed by atoms with E-state index in [4.69, 9.17) is 5.11 Å². The number of likely N-dealkylation sites (tertiary alicyclic amines) is 1. The van der Waals surface area contributed by atoms with E-state index in [2.05, 4.69) is 4.98 Å². The van der Waals surface area contributed by atoms with Crippen molar-refractivity contribution >= 4 is 22.8 Å². The van der Waals surface area contributed by atoms with Crippen LogP contribution >= 0.6 is 0 Å². The summed E-state index contributed by atoms with van der Waals surface area (Å²) in [7, 11) is 0. The molecule has 0 bridgehead atoms. The Hall–Kier alpha value is -2.30. The highest BCUT2D eigenvalue weighted by molar-refractivity contribution is 5.93. The van der Waals surface area contributed by atoms with E-state index in [9.17, 15) is 9.59 Å². The Labute approximate surface area is 135 Å². The van der Waals surface area contributed by atoms with Gasteiger partial charge in [-0.25, -0.2) is 4.79 Å². The molecule has 2 heterocycles. The van der Waals surface area contributed by atoms with Gasteiger partial charge in [0, 0.05) is 35.8 Å². The highest BCUT2D eigenvalue weighted by Gasteiger charge is 2.26. The zero-order valence-electron chi connectivity index (χ0n) is 13.5. The molecule has 5 nitrogen and oxygen atoms in total. The van der Waals surface area contributed by atoms with Gasteiger partial charge in [0.2, 0.25) is 5.91 Å². The monoisotopic (exact) mass is 314 g/mol. The van der Waals surface area contributed by atoms with Gasteiger partial charge in [-0.1, -0.05) is 19.9 Å². The van der Waals surface area contributed by atoms with Crippen molar-refractivity contribution in [2.45, 2.75) is 32.6 Å². The average Bonchev–Trinajstić information content (AvgIpc) is 2.97. The summed E-state index contributed by atoms with van der Waals surface area (Å²) in [6, 6.07) is 7.69. The normalized spacial score (nSPS) is 18.6. The van der Waals surface area contributed by atoms with Crippen LogP contribution in [-0.2, 0) is 4.79 Å². The zero-order chi connectivity index (χ0) is 16.6. The highest BCUT2D eigenvalue weighted by atomic mass is 16.4. The summed E-state index contributed by atoms with van der Waals surface area (Å²) in [5.41, 5.74) is 2.21. The molecule has 23 heavy (non-hydrogen) atoms. The quantitative estimate of drug-likeness (QED) is 0.913. The summed E-state index contributed by atoms with van der Waals surface area (Å²) < 4.78 is 0. The molecule has 0 saturated carbocycles. The van der Waals surface area contributed by atoms with Crippen LogP contribution in [0.1, 0.15) is 48.7 Å². The topological polar surface area (TPSA) is 73.4 Å². The second kappa shape index (κ2) is 6.07. The molecule has 2 aromatic rings. The number of rotatable bonds is 3. The van der Waals surface area contributed by atoms with Crippen molar-refractivity contribution < 1.29 is 14.7 Å². The summed E-state index contributed by atoms with van der Waals surface area (Å²) >= 11 is 0. The van der Waals surface area contributed by atoms with E-state index in [0.29, 0.717) is 5.92 Å². The Bertz CT molecular complexity index is 748. The Morgan fingerprint density at radius 1 is 1.30 bits per heavy atom. The third-order valence-corrected chi connectivity index (χ3v) is 4.57. The fourth-order valence-electron chi connectivity index (χ4n) is 3.33.